The Morgan fingerprint density at radius 2 is 1.47 bits per heavy atom. The topological polar surface area (TPSA) is 17.1 Å². The van der Waals surface area contributed by atoms with Gasteiger partial charge in [0.2, 0.25) is 0 Å². The number of alkyl halides is 2. The van der Waals surface area contributed by atoms with E-state index in [0.717, 1.165) is 10.0 Å². The molecular formula is C15H11Br3O. The predicted molar refractivity (Wildman–Crippen MR) is 89.3 cm³/mol. The van der Waals surface area contributed by atoms with Crippen LogP contribution in [0.1, 0.15) is 20.7 Å². The molecule has 0 fully saturated rings. The summed E-state index contributed by atoms with van der Waals surface area (Å²) in [6.45, 7) is 0. The van der Waals surface area contributed by atoms with Crippen LogP contribution in [0.4, 0.5) is 0 Å². The van der Waals surface area contributed by atoms with Gasteiger partial charge in [-0.2, -0.15) is 0 Å². The second-order valence-corrected chi connectivity index (χ2v) is 6.97. The van der Waals surface area contributed by atoms with E-state index < -0.39 is 0 Å². The molecule has 98 valence electrons. The standard InChI is InChI=1S/C15H11Br3O/c16-12-8-6-10(7-9-12)13(17)14(18)15(19)11-4-2-1-3-5-11/h1-9,13-14H/t13-,14+/m1/s1. The van der Waals surface area contributed by atoms with Crippen molar-refractivity contribution in [1.29, 1.82) is 0 Å². The second-order valence-electron chi connectivity index (χ2n) is 4.09. The Labute approximate surface area is 137 Å². The third-order valence-electron chi connectivity index (χ3n) is 2.75. The Kier molecular flexibility index (Phi) is 5.37. The summed E-state index contributed by atoms with van der Waals surface area (Å²) < 4.78 is 1.02. The van der Waals surface area contributed by atoms with Crippen molar-refractivity contribution in [3.05, 3.63) is 70.2 Å². The monoisotopic (exact) mass is 444 g/mol. The Morgan fingerprint density at radius 1 is 0.895 bits per heavy atom. The molecule has 0 radical (unpaired) electrons. The van der Waals surface area contributed by atoms with E-state index in [1.807, 2.05) is 54.6 Å². The summed E-state index contributed by atoms with van der Waals surface area (Å²) in [5, 5.41) is 0. The van der Waals surface area contributed by atoms with E-state index in [9.17, 15) is 4.79 Å². The van der Waals surface area contributed by atoms with E-state index in [0.29, 0.717) is 5.56 Å². The number of rotatable bonds is 4. The molecule has 4 heteroatoms. The van der Waals surface area contributed by atoms with Crippen LogP contribution in [0, 0.1) is 0 Å². The smallest absolute Gasteiger partial charge is 0.177 e. The number of carbonyl (C=O) groups is 1. The van der Waals surface area contributed by atoms with Gasteiger partial charge in [-0.25, -0.2) is 0 Å². The fourth-order valence-corrected chi connectivity index (χ4v) is 3.09. The van der Waals surface area contributed by atoms with Crippen LogP contribution in [0.15, 0.2) is 59.1 Å². The van der Waals surface area contributed by atoms with E-state index in [1.165, 1.54) is 0 Å². The van der Waals surface area contributed by atoms with Crippen molar-refractivity contribution in [2.75, 3.05) is 0 Å². The summed E-state index contributed by atoms with van der Waals surface area (Å²) in [6.07, 6.45) is 0. The van der Waals surface area contributed by atoms with Crippen LogP contribution in [-0.2, 0) is 0 Å². The highest BCUT2D eigenvalue weighted by Crippen LogP contribution is 2.33. The number of carbonyl (C=O) groups excluding carboxylic acids is 1. The number of ketones is 1. The fraction of sp³-hybridized carbons (Fsp3) is 0.133. The first-order chi connectivity index (χ1) is 9.09. The highest BCUT2D eigenvalue weighted by atomic mass is 79.9. The van der Waals surface area contributed by atoms with E-state index in [2.05, 4.69) is 47.8 Å². The van der Waals surface area contributed by atoms with Gasteiger partial charge in [0.25, 0.3) is 0 Å². The minimum atomic E-state index is -0.295. The summed E-state index contributed by atoms with van der Waals surface area (Å²) in [5.41, 5.74) is 1.78. The first kappa shape index (κ1) is 14.9. The van der Waals surface area contributed by atoms with Crippen LogP contribution in [0.2, 0.25) is 0 Å². The van der Waals surface area contributed by atoms with Crippen molar-refractivity contribution in [3.8, 4) is 0 Å². The normalized spacial score (nSPS) is 13.8. The third-order valence-corrected chi connectivity index (χ3v) is 5.99. The minimum Gasteiger partial charge on any atom is -0.293 e. The van der Waals surface area contributed by atoms with Crippen LogP contribution in [0.3, 0.4) is 0 Å². The lowest BCUT2D eigenvalue weighted by Crippen LogP contribution is -2.19. The van der Waals surface area contributed by atoms with E-state index in [-0.39, 0.29) is 15.4 Å². The Morgan fingerprint density at radius 3 is 2.05 bits per heavy atom. The van der Waals surface area contributed by atoms with E-state index in [4.69, 9.17) is 0 Å². The van der Waals surface area contributed by atoms with Gasteiger partial charge in [-0.05, 0) is 17.7 Å². The minimum absolute atomic E-state index is 0.0618. The molecular weight excluding hydrogens is 436 g/mol. The maximum absolute atomic E-state index is 12.3. The number of benzene rings is 2. The molecule has 0 aliphatic rings. The van der Waals surface area contributed by atoms with Crippen molar-refractivity contribution in [1.82, 2.24) is 0 Å². The van der Waals surface area contributed by atoms with Crippen LogP contribution in [0.5, 0.6) is 0 Å². The maximum Gasteiger partial charge on any atom is 0.177 e. The van der Waals surface area contributed by atoms with Crippen molar-refractivity contribution in [2.24, 2.45) is 0 Å². The number of hydrogen-bond donors (Lipinski definition) is 0. The first-order valence-electron chi connectivity index (χ1n) is 5.72. The molecule has 0 spiro atoms. The quantitative estimate of drug-likeness (QED) is 0.445. The molecule has 1 nitrogen and oxygen atoms in total. The van der Waals surface area contributed by atoms with Crippen molar-refractivity contribution >= 4 is 53.6 Å². The van der Waals surface area contributed by atoms with Crippen molar-refractivity contribution in [3.63, 3.8) is 0 Å². The number of Topliss-reactive ketones (excluding diaryl/α,β-unsaturated/α-hetero) is 1. The maximum atomic E-state index is 12.3. The molecule has 0 unspecified atom stereocenters. The zero-order valence-electron chi connectivity index (χ0n) is 9.89. The number of hydrogen-bond acceptors (Lipinski definition) is 1. The Bertz CT molecular complexity index is 551. The van der Waals surface area contributed by atoms with Gasteiger partial charge in [0, 0.05) is 10.0 Å². The zero-order chi connectivity index (χ0) is 13.8. The molecule has 2 atom stereocenters. The molecule has 0 aliphatic heterocycles. The molecule has 0 saturated heterocycles. The van der Waals surface area contributed by atoms with Gasteiger partial charge in [-0.1, -0.05) is 90.3 Å². The summed E-state index contributed by atoms with van der Waals surface area (Å²) in [7, 11) is 0. The summed E-state index contributed by atoms with van der Waals surface area (Å²) in [6, 6.07) is 17.2. The van der Waals surface area contributed by atoms with Gasteiger partial charge < -0.3 is 0 Å². The van der Waals surface area contributed by atoms with Crippen molar-refractivity contribution < 1.29 is 4.79 Å². The van der Waals surface area contributed by atoms with Crippen molar-refractivity contribution in [2.45, 2.75) is 9.65 Å². The molecule has 0 heterocycles. The SMILES string of the molecule is O=C(c1ccccc1)[C@@H](Br)[C@H](Br)c1ccc(Br)cc1. The van der Waals surface area contributed by atoms with Gasteiger partial charge in [-0.15, -0.1) is 0 Å². The highest BCUT2D eigenvalue weighted by molar-refractivity contribution is 9.12. The molecule has 0 N–H and O–H groups in total. The molecule has 2 aromatic carbocycles. The average Bonchev–Trinajstić information content (AvgIpc) is 2.46. The van der Waals surface area contributed by atoms with Crippen LogP contribution in [-0.4, -0.2) is 10.6 Å². The van der Waals surface area contributed by atoms with E-state index in [1.54, 1.807) is 0 Å². The molecule has 2 aromatic rings. The van der Waals surface area contributed by atoms with Crippen LogP contribution < -0.4 is 0 Å². The zero-order valence-corrected chi connectivity index (χ0v) is 14.7. The van der Waals surface area contributed by atoms with Gasteiger partial charge >= 0.3 is 0 Å². The molecule has 0 aromatic heterocycles. The van der Waals surface area contributed by atoms with Gasteiger partial charge in [0.15, 0.2) is 5.78 Å². The Balaban J connectivity index is 2.17. The molecule has 0 bridgehead atoms. The lowest BCUT2D eigenvalue weighted by atomic mass is 10.0. The molecule has 19 heavy (non-hydrogen) atoms. The molecule has 2 rings (SSSR count). The average molecular weight is 447 g/mol. The molecule has 0 aliphatic carbocycles. The summed E-state index contributed by atoms with van der Waals surface area (Å²) in [4.78, 5) is 12.0. The third kappa shape index (κ3) is 3.77. The van der Waals surface area contributed by atoms with Gasteiger partial charge in [0.05, 0.1) is 9.65 Å². The predicted octanol–water partition coefficient (Wildman–Crippen LogP) is 5.53. The summed E-state index contributed by atoms with van der Waals surface area (Å²) in [5.74, 6) is 0.0744. The van der Waals surface area contributed by atoms with Gasteiger partial charge in [-0.3, -0.25) is 4.79 Å². The summed E-state index contributed by atoms with van der Waals surface area (Å²) >= 11 is 10.5. The van der Waals surface area contributed by atoms with Crippen LogP contribution in [0.25, 0.3) is 0 Å². The lowest BCUT2D eigenvalue weighted by Gasteiger charge is -2.16. The largest absolute Gasteiger partial charge is 0.293 e. The second kappa shape index (κ2) is 6.82. The lowest BCUT2D eigenvalue weighted by molar-refractivity contribution is 0.0991. The first-order valence-corrected chi connectivity index (χ1v) is 8.35. The molecule has 0 amide bonds. The van der Waals surface area contributed by atoms with Gasteiger partial charge in [0.1, 0.15) is 0 Å². The highest BCUT2D eigenvalue weighted by Gasteiger charge is 2.25. The Hall–Kier alpha value is -0.450. The number of halogens is 3. The molecule has 0 saturated carbocycles. The fourth-order valence-electron chi connectivity index (χ4n) is 1.71. The van der Waals surface area contributed by atoms with Crippen LogP contribution >= 0.6 is 47.8 Å². The van der Waals surface area contributed by atoms with E-state index >= 15 is 0 Å².